The van der Waals surface area contributed by atoms with Crippen molar-refractivity contribution in [2.24, 2.45) is 4.99 Å². The van der Waals surface area contributed by atoms with Crippen LogP contribution in [0.4, 0.5) is 11.4 Å². The van der Waals surface area contributed by atoms with Crippen LogP contribution < -0.4 is 5.32 Å². The predicted molar refractivity (Wildman–Crippen MR) is 177 cm³/mol. The number of anilines is 1. The molecule has 0 aliphatic rings. The van der Waals surface area contributed by atoms with Crippen LogP contribution in [-0.4, -0.2) is 11.2 Å². The number of aromatic nitrogens is 1. The molecule has 3 nitrogen and oxygen atoms in total. The number of pyridine rings is 1. The summed E-state index contributed by atoms with van der Waals surface area (Å²) in [5.74, 6) is 0.790. The van der Waals surface area contributed by atoms with Gasteiger partial charge in [0.1, 0.15) is 0 Å². The first-order valence-electron chi connectivity index (χ1n) is 14.7. The molecule has 4 aromatic carbocycles. The fourth-order valence-electron chi connectivity index (χ4n) is 5.86. The number of aliphatic imine (C=N–C) groups is 1. The lowest BCUT2D eigenvalue weighted by Crippen LogP contribution is -2.06. The molecular formula is C38H41N3. The number of para-hydroxylation sites is 1. The number of hydrogen-bond acceptors (Lipinski definition) is 3. The first kappa shape index (κ1) is 28.3. The van der Waals surface area contributed by atoms with Crippen molar-refractivity contribution < 1.29 is 0 Å². The number of benzene rings is 4. The summed E-state index contributed by atoms with van der Waals surface area (Å²) in [5, 5.41) is 6.16. The predicted octanol–water partition coefficient (Wildman–Crippen LogP) is 10.4. The van der Waals surface area contributed by atoms with Crippen molar-refractivity contribution in [3.8, 4) is 11.3 Å². The van der Waals surface area contributed by atoms with Crippen LogP contribution in [0.15, 0.2) is 89.9 Å². The molecule has 5 aromatic rings. The van der Waals surface area contributed by atoms with E-state index in [1.807, 2.05) is 12.3 Å². The van der Waals surface area contributed by atoms with Gasteiger partial charge in [0.15, 0.2) is 0 Å². The second-order valence-corrected chi connectivity index (χ2v) is 11.7. The number of fused-ring (bicyclic) bond motifs is 1. The van der Waals surface area contributed by atoms with Gasteiger partial charge in [-0.3, -0.25) is 4.99 Å². The fourth-order valence-corrected chi connectivity index (χ4v) is 5.86. The van der Waals surface area contributed by atoms with E-state index in [2.05, 4.69) is 133 Å². The minimum atomic E-state index is 0.395. The molecular weight excluding hydrogens is 498 g/mol. The van der Waals surface area contributed by atoms with Crippen molar-refractivity contribution in [3.63, 3.8) is 0 Å². The number of aryl methyl sites for hydroxylation is 3. The van der Waals surface area contributed by atoms with Crippen molar-refractivity contribution >= 4 is 28.4 Å². The van der Waals surface area contributed by atoms with Crippen LogP contribution in [0.1, 0.15) is 78.6 Å². The zero-order chi connectivity index (χ0) is 29.1. The van der Waals surface area contributed by atoms with E-state index >= 15 is 0 Å². The van der Waals surface area contributed by atoms with Crippen LogP contribution in [-0.2, 0) is 6.54 Å². The lowest BCUT2D eigenvalue weighted by Gasteiger charge is -2.18. The molecule has 1 N–H and O–H groups in total. The third-order valence-electron chi connectivity index (χ3n) is 7.84. The topological polar surface area (TPSA) is 37.3 Å². The minimum absolute atomic E-state index is 0.395. The Hall–Kier alpha value is -4.24. The average Bonchev–Trinajstić information content (AvgIpc) is 2.95. The summed E-state index contributed by atoms with van der Waals surface area (Å²) in [6, 6.07) is 30.3. The molecule has 208 valence electrons. The highest BCUT2D eigenvalue weighted by Gasteiger charge is 2.15. The lowest BCUT2D eigenvalue weighted by atomic mass is 9.93. The Kier molecular flexibility index (Phi) is 8.35. The highest BCUT2D eigenvalue weighted by molar-refractivity contribution is 5.98. The molecule has 0 fully saturated rings. The van der Waals surface area contributed by atoms with E-state index < -0.39 is 0 Å². The van der Waals surface area contributed by atoms with E-state index in [0.29, 0.717) is 18.4 Å². The van der Waals surface area contributed by atoms with Crippen LogP contribution >= 0.6 is 0 Å². The van der Waals surface area contributed by atoms with E-state index in [1.54, 1.807) is 0 Å². The summed E-state index contributed by atoms with van der Waals surface area (Å²) in [4.78, 5) is 10.2. The molecule has 0 saturated carbocycles. The molecule has 0 unspecified atom stereocenters. The maximum Gasteiger partial charge on any atom is 0.0820 e. The average molecular weight is 540 g/mol. The van der Waals surface area contributed by atoms with Crippen molar-refractivity contribution in [2.75, 3.05) is 5.32 Å². The Morgan fingerprint density at radius 2 is 1.41 bits per heavy atom. The molecule has 0 aliphatic heterocycles. The lowest BCUT2D eigenvalue weighted by molar-refractivity contribution is 0.835. The van der Waals surface area contributed by atoms with Gasteiger partial charge in [0.2, 0.25) is 0 Å². The number of nitrogens with one attached hydrogen (secondary N) is 1. The molecule has 5 rings (SSSR count). The SMILES string of the molecule is Cc1cc(C)c(NCc2ccc3ccccc3c2-c2cccc(C=Nc3c(C(C)C)cccc3C(C)C)n2)c(C)c1. The monoisotopic (exact) mass is 539 g/mol. The standard InChI is InChI=1S/C38H41N3/c1-24(2)32-15-11-16-33(25(3)4)38(32)40-23-31-13-10-17-35(41-31)36-30(19-18-29-12-8-9-14-34(29)36)22-39-37-27(6)20-26(5)21-28(37)7/h8-21,23-25,39H,22H2,1-7H3. The van der Waals surface area contributed by atoms with Crippen LogP contribution in [0.25, 0.3) is 22.0 Å². The summed E-state index contributed by atoms with van der Waals surface area (Å²) in [7, 11) is 0. The Balaban J connectivity index is 1.56. The van der Waals surface area contributed by atoms with Crippen molar-refractivity contribution in [3.05, 3.63) is 124 Å². The normalized spacial score (nSPS) is 11.7. The van der Waals surface area contributed by atoms with Gasteiger partial charge in [0.25, 0.3) is 0 Å². The Labute approximate surface area is 245 Å². The highest BCUT2D eigenvalue weighted by Crippen LogP contribution is 2.35. The van der Waals surface area contributed by atoms with Gasteiger partial charge in [-0.25, -0.2) is 4.98 Å². The van der Waals surface area contributed by atoms with E-state index in [1.165, 1.54) is 55.4 Å². The first-order chi connectivity index (χ1) is 19.7. The third-order valence-corrected chi connectivity index (χ3v) is 7.84. The molecule has 0 spiro atoms. The number of nitrogens with zero attached hydrogens (tertiary/aromatic N) is 2. The van der Waals surface area contributed by atoms with Crippen LogP contribution in [0, 0.1) is 20.8 Å². The van der Waals surface area contributed by atoms with Gasteiger partial charge in [-0.2, -0.15) is 0 Å². The quantitative estimate of drug-likeness (QED) is 0.199. The summed E-state index contributed by atoms with van der Waals surface area (Å²) >= 11 is 0. The Morgan fingerprint density at radius 1 is 0.756 bits per heavy atom. The molecule has 0 bridgehead atoms. The minimum Gasteiger partial charge on any atom is -0.381 e. The Morgan fingerprint density at radius 3 is 2.10 bits per heavy atom. The maximum atomic E-state index is 5.14. The van der Waals surface area contributed by atoms with Gasteiger partial charge < -0.3 is 5.32 Å². The van der Waals surface area contributed by atoms with Gasteiger partial charge in [-0.15, -0.1) is 0 Å². The zero-order valence-electron chi connectivity index (χ0n) is 25.4. The van der Waals surface area contributed by atoms with E-state index in [-0.39, 0.29) is 0 Å². The Bertz CT molecular complexity index is 1680. The van der Waals surface area contributed by atoms with Gasteiger partial charge in [0, 0.05) is 17.8 Å². The zero-order valence-corrected chi connectivity index (χ0v) is 25.4. The third kappa shape index (κ3) is 6.10. The molecule has 0 amide bonds. The molecule has 3 heteroatoms. The van der Waals surface area contributed by atoms with E-state index in [0.717, 1.165) is 17.1 Å². The van der Waals surface area contributed by atoms with E-state index in [4.69, 9.17) is 9.98 Å². The molecule has 41 heavy (non-hydrogen) atoms. The van der Waals surface area contributed by atoms with Gasteiger partial charge in [-0.1, -0.05) is 106 Å². The van der Waals surface area contributed by atoms with E-state index in [9.17, 15) is 0 Å². The van der Waals surface area contributed by atoms with Crippen molar-refractivity contribution in [1.29, 1.82) is 0 Å². The molecule has 0 radical (unpaired) electrons. The van der Waals surface area contributed by atoms with Crippen LogP contribution in [0.2, 0.25) is 0 Å². The van der Waals surface area contributed by atoms with Gasteiger partial charge in [0.05, 0.1) is 23.3 Å². The largest absolute Gasteiger partial charge is 0.381 e. The fraction of sp³-hybridized carbons (Fsp3) is 0.263. The van der Waals surface area contributed by atoms with Crippen LogP contribution in [0.5, 0.6) is 0 Å². The van der Waals surface area contributed by atoms with Gasteiger partial charge in [-0.05, 0) is 83.3 Å². The molecule has 1 heterocycles. The summed E-state index contributed by atoms with van der Waals surface area (Å²) < 4.78 is 0. The summed E-state index contributed by atoms with van der Waals surface area (Å²) in [6.07, 6.45) is 1.93. The second-order valence-electron chi connectivity index (χ2n) is 11.7. The molecule has 0 aliphatic carbocycles. The first-order valence-corrected chi connectivity index (χ1v) is 14.7. The maximum absolute atomic E-state index is 5.14. The highest BCUT2D eigenvalue weighted by atomic mass is 14.9. The van der Waals surface area contributed by atoms with Crippen molar-refractivity contribution in [1.82, 2.24) is 4.98 Å². The molecule has 1 aromatic heterocycles. The second kappa shape index (κ2) is 12.1. The summed E-state index contributed by atoms with van der Waals surface area (Å²) in [5.41, 5.74) is 12.8. The van der Waals surface area contributed by atoms with Crippen molar-refractivity contribution in [2.45, 2.75) is 66.8 Å². The number of hydrogen-bond donors (Lipinski definition) is 1. The number of rotatable bonds is 8. The summed E-state index contributed by atoms with van der Waals surface area (Å²) in [6.45, 7) is 16.1. The molecule has 0 atom stereocenters. The van der Waals surface area contributed by atoms with Gasteiger partial charge >= 0.3 is 0 Å². The van der Waals surface area contributed by atoms with Crippen LogP contribution in [0.3, 0.4) is 0 Å². The molecule has 0 saturated heterocycles. The smallest absolute Gasteiger partial charge is 0.0820 e.